The zero-order valence-electron chi connectivity index (χ0n) is 16.7. The maximum Gasteiger partial charge on any atom is 0.274 e. The van der Waals surface area contributed by atoms with Crippen LogP contribution in [0.3, 0.4) is 0 Å². The minimum absolute atomic E-state index is 0.114. The summed E-state index contributed by atoms with van der Waals surface area (Å²) in [6.45, 7) is 2.16. The van der Waals surface area contributed by atoms with Gasteiger partial charge in [0, 0.05) is 12.6 Å². The number of aromatic nitrogens is 2. The molecule has 1 saturated heterocycles. The molecule has 3 aromatic rings. The fourth-order valence-corrected chi connectivity index (χ4v) is 5.84. The molecule has 0 bridgehead atoms. The minimum Gasteiger partial charge on any atom is -0.375 e. The summed E-state index contributed by atoms with van der Waals surface area (Å²) in [7, 11) is 0. The molecule has 1 aliphatic carbocycles. The van der Waals surface area contributed by atoms with Crippen LogP contribution in [0.5, 0.6) is 0 Å². The SMILES string of the molecule is Cc1ncsc1C(=O)NC[C@@H]1CC2CC2N1C(=O)c1nc(N)sc1-c1cccc(F)c1. The summed E-state index contributed by atoms with van der Waals surface area (Å²) in [6.07, 6.45) is 1.80. The summed E-state index contributed by atoms with van der Waals surface area (Å²) < 4.78 is 13.8. The maximum absolute atomic E-state index is 13.8. The third-order valence-electron chi connectivity index (χ3n) is 5.83. The van der Waals surface area contributed by atoms with Gasteiger partial charge >= 0.3 is 0 Å². The number of hydrogen-bond donors (Lipinski definition) is 2. The lowest BCUT2D eigenvalue weighted by molar-refractivity contribution is 0.0685. The minimum atomic E-state index is -0.384. The summed E-state index contributed by atoms with van der Waals surface area (Å²) in [5.41, 5.74) is 9.08. The molecular weight excluding hydrogens is 437 g/mol. The van der Waals surface area contributed by atoms with Crippen molar-refractivity contribution in [3.63, 3.8) is 0 Å². The van der Waals surface area contributed by atoms with Gasteiger partial charge in [0.15, 0.2) is 5.13 Å². The molecule has 5 rings (SSSR count). The Bertz CT molecular complexity index is 1180. The molecule has 1 saturated carbocycles. The van der Waals surface area contributed by atoms with Gasteiger partial charge < -0.3 is 16.0 Å². The Hall–Kier alpha value is -2.85. The van der Waals surface area contributed by atoms with Crippen LogP contribution in [0, 0.1) is 18.7 Å². The largest absolute Gasteiger partial charge is 0.375 e. The van der Waals surface area contributed by atoms with Gasteiger partial charge in [-0.2, -0.15) is 0 Å². The zero-order valence-corrected chi connectivity index (χ0v) is 18.3. The van der Waals surface area contributed by atoms with Gasteiger partial charge in [0.1, 0.15) is 16.4 Å². The number of nitrogens with one attached hydrogen (secondary N) is 1. The Kier molecular flexibility index (Phi) is 4.98. The summed E-state index contributed by atoms with van der Waals surface area (Å²) in [5, 5.41) is 3.21. The van der Waals surface area contributed by atoms with E-state index in [0.717, 1.165) is 12.8 Å². The molecule has 1 aromatic carbocycles. The highest BCUT2D eigenvalue weighted by Crippen LogP contribution is 2.49. The molecule has 2 aromatic heterocycles. The van der Waals surface area contributed by atoms with E-state index >= 15 is 0 Å². The monoisotopic (exact) mass is 457 g/mol. The van der Waals surface area contributed by atoms with Crippen molar-refractivity contribution in [2.24, 2.45) is 5.92 Å². The van der Waals surface area contributed by atoms with Crippen LogP contribution >= 0.6 is 22.7 Å². The Morgan fingerprint density at radius 3 is 2.94 bits per heavy atom. The van der Waals surface area contributed by atoms with E-state index in [-0.39, 0.29) is 40.5 Å². The summed E-state index contributed by atoms with van der Waals surface area (Å²) in [4.78, 5) is 37.4. The van der Waals surface area contributed by atoms with Crippen LogP contribution < -0.4 is 11.1 Å². The van der Waals surface area contributed by atoms with E-state index in [2.05, 4.69) is 15.3 Å². The van der Waals surface area contributed by atoms with Gasteiger partial charge in [-0.05, 0) is 43.4 Å². The lowest BCUT2D eigenvalue weighted by Crippen LogP contribution is -2.45. The first-order valence-corrected chi connectivity index (χ1v) is 11.6. The Morgan fingerprint density at radius 2 is 2.19 bits per heavy atom. The number of fused-ring (bicyclic) bond motifs is 1. The molecule has 0 radical (unpaired) electrons. The second kappa shape index (κ2) is 7.69. The maximum atomic E-state index is 13.8. The highest BCUT2D eigenvalue weighted by atomic mass is 32.1. The fourth-order valence-electron chi connectivity index (χ4n) is 4.30. The van der Waals surface area contributed by atoms with Crippen LogP contribution in [0.2, 0.25) is 0 Å². The van der Waals surface area contributed by atoms with Crippen molar-refractivity contribution in [2.75, 3.05) is 12.3 Å². The number of aryl methyl sites for hydroxylation is 1. The second-order valence-corrected chi connectivity index (χ2v) is 9.77. The lowest BCUT2D eigenvalue weighted by atomic mass is 10.1. The average molecular weight is 458 g/mol. The number of nitrogens with zero attached hydrogens (tertiary/aromatic N) is 3. The zero-order chi connectivity index (χ0) is 21.7. The number of rotatable bonds is 5. The lowest BCUT2D eigenvalue weighted by Gasteiger charge is -2.27. The van der Waals surface area contributed by atoms with Crippen molar-refractivity contribution < 1.29 is 14.0 Å². The molecule has 0 spiro atoms. The van der Waals surface area contributed by atoms with Gasteiger partial charge in [0.2, 0.25) is 0 Å². The van der Waals surface area contributed by atoms with Crippen LogP contribution in [0.15, 0.2) is 29.8 Å². The molecule has 3 N–H and O–H groups in total. The number of nitrogen functional groups attached to an aromatic ring is 1. The van der Waals surface area contributed by atoms with Crippen molar-refractivity contribution in [2.45, 2.75) is 31.8 Å². The highest BCUT2D eigenvalue weighted by molar-refractivity contribution is 7.19. The quantitative estimate of drug-likeness (QED) is 0.612. The van der Waals surface area contributed by atoms with E-state index in [1.54, 1.807) is 24.6 Å². The number of thiazole rings is 2. The van der Waals surface area contributed by atoms with E-state index in [1.165, 1.54) is 34.8 Å². The van der Waals surface area contributed by atoms with Crippen LogP contribution in [0.1, 0.15) is 38.7 Å². The predicted octanol–water partition coefficient (Wildman–Crippen LogP) is 3.33. The van der Waals surface area contributed by atoms with Crippen molar-refractivity contribution in [1.29, 1.82) is 0 Å². The first-order chi connectivity index (χ1) is 14.9. The van der Waals surface area contributed by atoms with Crippen molar-refractivity contribution in [3.8, 4) is 10.4 Å². The number of nitrogens with two attached hydrogens (primary N) is 1. The van der Waals surface area contributed by atoms with E-state index < -0.39 is 0 Å². The molecule has 3 heterocycles. The van der Waals surface area contributed by atoms with Gasteiger partial charge in [0.25, 0.3) is 11.8 Å². The van der Waals surface area contributed by atoms with Gasteiger partial charge in [0.05, 0.1) is 22.1 Å². The third kappa shape index (κ3) is 3.70. The number of piperidine rings is 1. The molecule has 2 aliphatic rings. The molecule has 2 amide bonds. The van der Waals surface area contributed by atoms with Crippen molar-refractivity contribution in [3.05, 3.63) is 51.9 Å². The Labute approximate surface area is 186 Å². The molecule has 3 atom stereocenters. The molecule has 2 unspecified atom stereocenters. The summed E-state index contributed by atoms with van der Waals surface area (Å²) in [6, 6.07) is 6.11. The van der Waals surface area contributed by atoms with Gasteiger partial charge in [-0.1, -0.05) is 23.5 Å². The number of amides is 2. The number of anilines is 1. The predicted molar refractivity (Wildman–Crippen MR) is 118 cm³/mol. The number of halogens is 1. The summed E-state index contributed by atoms with van der Waals surface area (Å²) >= 11 is 2.47. The third-order valence-corrected chi connectivity index (χ3v) is 7.69. The number of carbonyl (C=O) groups excluding carboxylic acids is 2. The smallest absolute Gasteiger partial charge is 0.274 e. The highest BCUT2D eigenvalue weighted by Gasteiger charge is 2.54. The van der Waals surface area contributed by atoms with Crippen molar-refractivity contribution in [1.82, 2.24) is 20.2 Å². The topological polar surface area (TPSA) is 101 Å². The molecule has 7 nitrogen and oxygen atoms in total. The normalized spacial score (nSPS) is 21.7. The summed E-state index contributed by atoms with van der Waals surface area (Å²) in [5.74, 6) is -0.327. The van der Waals surface area contributed by atoms with E-state index in [1.807, 2.05) is 4.90 Å². The molecule has 10 heteroatoms. The van der Waals surface area contributed by atoms with Crippen LogP contribution in [0.25, 0.3) is 10.4 Å². The van der Waals surface area contributed by atoms with Gasteiger partial charge in [-0.25, -0.2) is 14.4 Å². The molecular formula is C21H20FN5O2S2. The Morgan fingerprint density at radius 1 is 1.35 bits per heavy atom. The number of likely N-dealkylation sites (tertiary alicyclic amines) is 1. The molecule has 2 fully saturated rings. The van der Waals surface area contributed by atoms with E-state index in [4.69, 9.17) is 5.73 Å². The first-order valence-electron chi connectivity index (χ1n) is 9.95. The molecule has 31 heavy (non-hydrogen) atoms. The Balaban J connectivity index is 1.37. The van der Waals surface area contributed by atoms with Crippen LogP contribution in [-0.2, 0) is 0 Å². The average Bonchev–Trinajstić information content (AvgIpc) is 3.06. The van der Waals surface area contributed by atoms with Crippen molar-refractivity contribution >= 4 is 39.6 Å². The fraction of sp³-hybridized carbons (Fsp3) is 0.333. The molecule has 160 valence electrons. The first kappa shape index (κ1) is 20.1. The van der Waals surface area contributed by atoms with E-state index in [0.29, 0.717) is 33.5 Å². The number of benzene rings is 1. The molecule has 1 aliphatic heterocycles. The van der Waals surface area contributed by atoms with Crippen LogP contribution in [0.4, 0.5) is 9.52 Å². The van der Waals surface area contributed by atoms with Crippen LogP contribution in [-0.4, -0.2) is 45.3 Å². The van der Waals surface area contributed by atoms with E-state index in [9.17, 15) is 14.0 Å². The van der Waals surface area contributed by atoms with Gasteiger partial charge in [-0.3, -0.25) is 9.59 Å². The number of carbonyl (C=O) groups is 2. The second-order valence-electron chi connectivity index (χ2n) is 7.88. The van der Waals surface area contributed by atoms with Gasteiger partial charge in [-0.15, -0.1) is 11.3 Å². The standard InChI is InChI=1S/C21H20FN5O2S2/c1-10-17(30-9-25-10)19(28)24-8-14-6-12-7-15(12)27(14)20(29)16-18(31-21(23)26-16)11-3-2-4-13(22)5-11/h2-5,9,12,14-15H,6-8H2,1H3,(H2,23,26)(H,24,28)/t12?,14-,15?/m0/s1. The number of hydrogen-bond acceptors (Lipinski definition) is 7.